The van der Waals surface area contributed by atoms with Gasteiger partial charge in [-0.1, -0.05) is 12.1 Å². The van der Waals surface area contributed by atoms with Crippen LogP contribution in [-0.2, 0) is 17.6 Å². The van der Waals surface area contributed by atoms with E-state index in [-0.39, 0.29) is 11.3 Å². The number of hydrogen-bond acceptors (Lipinski definition) is 5. The van der Waals surface area contributed by atoms with E-state index in [1.54, 1.807) is 13.2 Å². The number of non-ortho nitro benzene ring substituents is 1. The van der Waals surface area contributed by atoms with Crippen LogP contribution in [0.2, 0.25) is 0 Å². The SMILES string of the molecule is COC(=O)c1cc(-c2ccc3c(c2OC)CCCC3)cc([N+](=O)[O-])c1. The number of methoxy groups -OCH3 is 2. The smallest absolute Gasteiger partial charge is 0.338 e. The summed E-state index contributed by atoms with van der Waals surface area (Å²) >= 11 is 0. The fourth-order valence-corrected chi connectivity index (χ4v) is 3.36. The van der Waals surface area contributed by atoms with E-state index >= 15 is 0 Å². The molecule has 0 radical (unpaired) electrons. The van der Waals surface area contributed by atoms with Gasteiger partial charge >= 0.3 is 5.97 Å². The second kappa shape index (κ2) is 6.93. The molecule has 6 nitrogen and oxygen atoms in total. The largest absolute Gasteiger partial charge is 0.496 e. The van der Waals surface area contributed by atoms with Gasteiger partial charge in [-0.05, 0) is 48.4 Å². The molecule has 0 atom stereocenters. The van der Waals surface area contributed by atoms with E-state index in [1.807, 2.05) is 12.1 Å². The number of nitro groups is 1. The third kappa shape index (κ3) is 3.20. The van der Waals surface area contributed by atoms with Crippen LogP contribution in [0.4, 0.5) is 5.69 Å². The van der Waals surface area contributed by atoms with Gasteiger partial charge in [0.1, 0.15) is 5.75 Å². The molecular weight excluding hydrogens is 322 g/mol. The summed E-state index contributed by atoms with van der Waals surface area (Å²) in [6.45, 7) is 0. The van der Waals surface area contributed by atoms with Gasteiger partial charge in [0.25, 0.3) is 5.69 Å². The van der Waals surface area contributed by atoms with Crippen molar-refractivity contribution in [1.82, 2.24) is 0 Å². The molecule has 1 aliphatic carbocycles. The Bertz CT molecular complexity index is 844. The maximum atomic E-state index is 11.9. The Balaban J connectivity index is 2.20. The number of hydrogen-bond donors (Lipinski definition) is 0. The predicted octanol–water partition coefficient (Wildman–Crippen LogP) is 3.94. The van der Waals surface area contributed by atoms with E-state index in [9.17, 15) is 14.9 Å². The lowest BCUT2D eigenvalue weighted by molar-refractivity contribution is -0.384. The third-order valence-electron chi connectivity index (χ3n) is 4.55. The number of nitrogens with zero attached hydrogens (tertiary/aromatic N) is 1. The first-order chi connectivity index (χ1) is 12.0. The topological polar surface area (TPSA) is 78.7 Å². The van der Waals surface area contributed by atoms with E-state index in [1.165, 1.54) is 24.8 Å². The lowest BCUT2D eigenvalue weighted by Gasteiger charge is -2.21. The van der Waals surface area contributed by atoms with Gasteiger partial charge in [-0.15, -0.1) is 0 Å². The number of ether oxygens (including phenoxy) is 2. The number of fused-ring (bicyclic) bond motifs is 1. The van der Waals surface area contributed by atoms with Gasteiger partial charge in [0.05, 0.1) is 24.7 Å². The summed E-state index contributed by atoms with van der Waals surface area (Å²) in [6, 6.07) is 8.23. The molecule has 0 saturated carbocycles. The van der Waals surface area contributed by atoms with Crippen LogP contribution in [0.5, 0.6) is 5.75 Å². The van der Waals surface area contributed by atoms with Gasteiger partial charge in [-0.3, -0.25) is 10.1 Å². The Morgan fingerprint density at radius 1 is 1.12 bits per heavy atom. The highest BCUT2D eigenvalue weighted by Gasteiger charge is 2.21. The molecule has 25 heavy (non-hydrogen) atoms. The monoisotopic (exact) mass is 341 g/mol. The van der Waals surface area contributed by atoms with E-state index < -0.39 is 10.9 Å². The molecular formula is C19H19NO5. The quantitative estimate of drug-likeness (QED) is 0.478. The average Bonchev–Trinajstić information content (AvgIpc) is 2.65. The molecule has 0 bridgehead atoms. The van der Waals surface area contributed by atoms with E-state index in [0.29, 0.717) is 5.56 Å². The molecule has 0 aliphatic heterocycles. The molecule has 0 heterocycles. The number of benzene rings is 2. The first kappa shape index (κ1) is 17.0. The summed E-state index contributed by atoms with van der Waals surface area (Å²) in [5.74, 6) is 0.121. The standard InChI is InChI=1S/C19H19NO5/c1-24-18-16-6-4-3-5-12(16)7-8-17(18)13-9-14(19(21)25-2)11-15(10-13)20(22)23/h7-11H,3-6H2,1-2H3. The first-order valence-electron chi connectivity index (χ1n) is 8.12. The maximum absolute atomic E-state index is 11.9. The minimum absolute atomic E-state index is 0.145. The van der Waals surface area contributed by atoms with Crippen LogP contribution in [-0.4, -0.2) is 25.1 Å². The van der Waals surface area contributed by atoms with Gasteiger partial charge in [0.15, 0.2) is 0 Å². The highest BCUT2D eigenvalue weighted by molar-refractivity contribution is 5.92. The van der Waals surface area contributed by atoms with Crippen molar-refractivity contribution in [3.05, 3.63) is 57.1 Å². The van der Waals surface area contributed by atoms with E-state index in [4.69, 9.17) is 9.47 Å². The third-order valence-corrected chi connectivity index (χ3v) is 4.55. The molecule has 2 aromatic carbocycles. The Morgan fingerprint density at radius 3 is 2.56 bits per heavy atom. The number of carbonyl (C=O) groups is 1. The Hall–Kier alpha value is -2.89. The van der Waals surface area contributed by atoms with Gasteiger partial charge in [0, 0.05) is 17.7 Å². The molecule has 1 aliphatic rings. The first-order valence-corrected chi connectivity index (χ1v) is 8.12. The van der Waals surface area contributed by atoms with Crippen molar-refractivity contribution in [3.63, 3.8) is 0 Å². The lowest BCUT2D eigenvalue weighted by Crippen LogP contribution is -2.07. The van der Waals surface area contributed by atoms with Crippen molar-refractivity contribution in [1.29, 1.82) is 0 Å². The van der Waals surface area contributed by atoms with Crippen LogP contribution in [0.3, 0.4) is 0 Å². The molecule has 130 valence electrons. The van der Waals surface area contributed by atoms with E-state index in [2.05, 4.69) is 0 Å². The minimum Gasteiger partial charge on any atom is -0.496 e. The van der Waals surface area contributed by atoms with Crippen molar-refractivity contribution in [2.24, 2.45) is 0 Å². The number of rotatable bonds is 4. The second-order valence-electron chi connectivity index (χ2n) is 6.01. The number of esters is 1. The van der Waals surface area contributed by atoms with Crippen molar-refractivity contribution in [2.45, 2.75) is 25.7 Å². The number of nitro benzene ring substituents is 1. The van der Waals surface area contributed by atoms with Gasteiger partial charge in [-0.25, -0.2) is 4.79 Å². The highest BCUT2D eigenvalue weighted by Crippen LogP contribution is 2.39. The molecule has 0 amide bonds. The molecule has 0 N–H and O–H groups in total. The number of carbonyl (C=O) groups excluding carboxylic acids is 1. The normalized spacial score (nSPS) is 13.0. The van der Waals surface area contributed by atoms with Crippen LogP contribution in [0.25, 0.3) is 11.1 Å². The van der Waals surface area contributed by atoms with Crippen LogP contribution in [0, 0.1) is 10.1 Å². The van der Waals surface area contributed by atoms with E-state index in [0.717, 1.165) is 42.6 Å². The lowest BCUT2D eigenvalue weighted by atomic mass is 9.87. The predicted molar refractivity (Wildman–Crippen MR) is 93.1 cm³/mol. The molecule has 3 rings (SSSR count). The fraction of sp³-hybridized carbons (Fsp3) is 0.316. The van der Waals surface area contributed by atoms with Crippen LogP contribution >= 0.6 is 0 Å². The zero-order valence-electron chi connectivity index (χ0n) is 14.2. The molecule has 0 unspecified atom stereocenters. The average molecular weight is 341 g/mol. The fourth-order valence-electron chi connectivity index (χ4n) is 3.36. The number of aryl methyl sites for hydroxylation is 1. The van der Waals surface area contributed by atoms with Crippen molar-refractivity contribution >= 4 is 11.7 Å². The maximum Gasteiger partial charge on any atom is 0.338 e. The molecule has 0 saturated heterocycles. The molecule has 0 spiro atoms. The summed E-state index contributed by atoms with van der Waals surface area (Å²) in [6.07, 6.45) is 4.17. The highest BCUT2D eigenvalue weighted by atomic mass is 16.6. The summed E-state index contributed by atoms with van der Waals surface area (Å²) in [7, 11) is 2.85. The molecule has 6 heteroatoms. The zero-order chi connectivity index (χ0) is 18.0. The summed E-state index contributed by atoms with van der Waals surface area (Å²) in [4.78, 5) is 22.6. The van der Waals surface area contributed by atoms with Crippen molar-refractivity contribution in [2.75, 3.05) is 14.2 Å². The van der Waals surface area contributed by atoms with Crippen LogP contribution < -0.4 is 4.74 Å². The minimum atomic E-state index is -0.609. The van der Waals surface area contributed by atoms with Crippen molar-refractivity contribution in [3.8, 4) is 16.9 Å². The summed E-state index contributed by atoms with van der Waals surface area (Å²) < 4.78 is 10.4. The zero-order valence-corrected chi connectivity index (χ0v) is 14.2. The Labute approximate surface area is 145 Å². The molecule has 0 fully saturated rings. The van der Waals surface area contributed by atoms with Crippen LogP contribution in [0.15, 0.2) is 30.3 Å². The second-order valence-corrected chi connectivity index (χ2v) is 6.01. The van der Waals surface area contributed by atoms with Gasteiger partial charge in [0.2, 0.25) is 0 Å². The van der Waals surface area contributed by atoms with Crippen LogP contribution in [0.1, 0.15) is 34.3 Å². The van der Waals surface area contributed by atoms with Gasteiger partial charge < -0.3 is 9.47 Å². The van der Waals surface area contributed by atoms with Crippen molar-refractivity contribution < 1.29 is 19.2 Å². The molecule has 2 aromatic rings. The Kier molecular flexibility index (Phi) is 4.70. The summed E-state index contributed by atoms with van der Waals surface area (Å²) in [5.41, 5.74) is 3.71. The van der Waals surface area contributed by atoms with Gasteiger partial charge in [-0.2, -0.15) is 0 Å². The summed E-state index contributed by atoms with van der Waals surface area (Å²) in [5, 5.41) is 11.3. The Morgan fingerprint density at radius 2 is 1.88 bits per heavy atom. The molecule has 0 aromatic heterocycles.